The molecule has 2 aromatic heterocycles. The lowest BCUT2D eigenvalue weighted by Crippen LogP contribution is -2.27. The van der Waals surface area contributed by atoms with E-state index in [2.05, 4.69) is 10.1 Å². The van der Waals surface area contributed by atoms with E-state index in [0.717, 1.165) is 12.1 Å². The fourth-order valence-corrected chi connectivity index (χ4v) is 2.61. The number of phenols is 2. The maximum absolute atomic E-state index is 12.0. The second kappa shape index (κ2) is 7.39. The maximum atomic E-state index is 12.0. The van der Waals surface area contributed by atoms with Gasteiger partial charge in [0.05, 0.1) is 16.6 Å². The van der Waals surface area contributed by atoms with Gasteiger partial charge < -0.3 is 24.7 Å². The van der Waals surface area contributed by atoms with Gasteiger partial charge in [-0.15, -0.1) is 4.73 Å². The predicted octanol–water partition coefficient (Wildman–Crippen LogP) is 3.15. The van der Waals surface area contributed by atoms with Gasteiger partial charge in [0, 0.05) is 17.7 Å². The van der Waals surface area contributed by atoms with Gasteiger partial charge in [0.25, 0.3) is 5.89 Å². The molecular weight excluding hydrogens is 396 g/mol. The molecule has 0 spiro atoms. The molecule has 0 aliphatic heterocycles. The summed E-state index contributed by atoms with van der Waals surface area (Å²) in [5.74, 6) is -1.19. The number of pyridine rings is 1. The van der Waals surface area contributed by atoms with E-state index in [9.17, 15) is 25.5 Å². The highest BCUT2D eigenvalue weighted by atomic mass is 16.6. The molecule has 4 rings (SSSR count). The Hall–Kier alpha value is -4.67. The summed E-state index contributed by atoms with van der Waals surface area (Å²) in [4.78, 5) is 14.3. The van der Waals surface area contributed by atoms with Crippen LogP contribution in [0.5, 0.6) is 23.1 Å². The first-order valence-electron chi connectivity index (χ1n) is 8.43. The fraction of sp³-hybridized carbons (Fsp3) is 0. The molecule has 2 N–H and O–H groups in total. The zero-order valence-corrected chi connectivity index (χ0v) is 15.0. The van der Waals surface area contributed by atoms with Crippen molar-refractivity contribution in [1.29, 1.82) is 0 Å². The van der Waals surface area contributed by atoms with Crippen LogP contribution in [0, 0.1) is 15.3 Å². The predicted molar refractivity (Wildman–Crippen MR) is 101 cm³/mol. The molecule has 2 heterocycles. The highest BCUT2D eigenvalue weighted by Gasteiger charge is 2.22. The van der Waals surface area contributed by atoms with E-state index >= 15 is 0 Å². The second-order valence-electron chi connectivity index (χ2n) is 6.04. The van der Waals surface area contributed by atoms with Gasteiger partial charge in [-0.25, -0.2) is 0 Å². The van der Waals surface area contributed by atoms with Gasteiger partial charge in [0.2, 0.25) is 11.6 Å². The Kier molecular flexibility index (Phi) is 4.60. The number of ether oxygens (including phenoxy) is 1. The number of aromatic nitrogens is 3. The van der Waals surface area contributed by atoms with Crippen molar-refractivity contribution < 1.29 is 29.1 Å². The van der Waals surface area contributed by atoms with Crippen molar-refractivity contribution in [2.24, 2.45) is 0 Å². The van der Waals surface area contributed by atoms with Crippen molar-refractivity contribution >= 4 is 5.69 Å². The van der Waals surface area contributed by atoms with Crippen molar-refractivity contribution in [3.8, 4) is 46.0 Å². The number of rotatable bonds is 5. The number of hydrogen-bond acceptors (Lipinski definition) is 9. The van der Waals surface area contributed by atoms with Gasteiger partial charge in [0.1, 0.15) is 5.75 Å². The summed E-state index contributed by atoms with van der Waals surface area (Å²) in [6, 6.07) is 13.6. The number of nitro benzene ring substituents is 1. The Balaban J connectivity index is 1.68. The highest BCUT2D eigenvalue weighted by molar-refractivity contribution is 5.68. The van der Waals surface area contributed by atoms with Crippen LogP contribution >= 0.6 is 0 Å². The number of nitro groups is 1. The molecule has 0 unspecified atom stereocenters. The standard InChI is InChI=1S/C19H12N4O7/c24-15-9-12(8-14(17(15)25)23(27)28)19-20-18(21-30-19)11-6-7-22(26)16(10-11)29-13-4-2-1-3-5-13/h1-10,24-25H. The summed E-state index contributed by atoms with van der Waals surface area (Å²) in [7, 11) is 0. The number of nitrogens with zero attached hydrogens (tertiary/aromatic N) is 4. The van der Waals surface area contributed by atoms with Crippen LogP contribution in [0.3, 0.4) is 0 Å². The van der Waals surface area contributed by atoms with Crippen LogP contribution < -0.4 is 9.47 Å². The van der Waals surface area contributed by atoms with Gasteiger partial charge in [-0.3, -0.25) is 10.1 Å². The molecule has 11 nitrogen and oxygen atoms in total. The number of hydrogen-bond donors (Lipinski definition) is 2. The minimum atomic E-state index is -0.866. The van der Waals surface area contributed by atoms with E-state index in [0.29, 0.717) is 16.0 Å². The number of benzene rings is 2. The zero-order chi connectivity index (χ0) is 21.3. The van der Waals surface area contributed by atoms with Crippen LogP contribution in [0.1, 0.15) is 0 Å². The topological polar surface area (TPSA) is 159 Å². The maximum Gasteiger partial charge on any atom is 0.385 e. The molecule has 0 amide bonds. The largest absolute Gasteiger partial charge is 0.616 e. The molecule has 4 aromatic rings. The van der Waals surface area contributed by atoms with Gasteiger partial charge in [-0.1, -0.05) is 23.4 Å². The lowest BCUT2D eigenvalue weighted by atomic mass is 10.1. The first-order valence-corrected chi connectivity index (χ1v) is 8.43. The van der Waals surface area contributed by atoms with E-state index in [-0.39, 0.29) is 23.2 Å². The first kappa shape index (κ1) is 18.7. The van der Waals surface area contributed by atoms with Crippen molar-refractivity contribution in [2.75, 3.05) is 0 Å². The molecule has 0 radical (unpaired) electrons. The van der Waals surface area contributed by atoms with Crippen molar-refractivity contribution in [2.45, 2.75) is 0 Å². The third-order valence-electron chi connectivity index (χ3n) is 4.05. The third kappa shape index (κ3) is 3.54. The normalized spacial score (nSPS) is 10.7. The second-order valence-corrected chi connectivity index (χ2v) is 6.04. The van der Waals surface area contributed by atoms with Crippen LogP contribution in [0.25, 0.3) is 22.8 Å². The molecule has 11 heteroatoms. The molecule has 0 saturated heterocycles. The SMILES string of the molecule is O=[N+]([O-])c1cc(-c2nc(-c3cc[n+]([O-])c(Oc4ccccc4)c3)no2)cc(O)c1O. The van der Waals surface area contributed by atoms with Gasteiger partial charge in [-0.05, 0) is 18.2 Å². The average Bonchev–Trinajstić information content (AvgIpc) is 3.22. The van der Waals surface area contributed by atoms with Gasteiger partial charge in [-0.2, -0.15) is 4.98 Å². The van der Waals surface area contributed by atoms with E-state index in [4.69, 9.17) is 9.26 Å². The molecule has 2 aromatic carbocycles. The van der Waals surface area contributed by atoms with Gasteiger partial charge >= 0.3 is 11.6 Å². The molecule has 0 atom stereocenters. The van der Waals surface area contributed by atoms with E-state index in [1.165, 1.54) is 18.3 Å². The minimum absolute atomic E-state index is 0.0250. The third-order valence-corrected chi connectivity index (χ3v) is 4.05. The highest BCUT2D eigenvalue weighted by Crippen LogP contribution is 2.39. The average molecular weight is 408 g/mol. The first-order chi connectivity index (χ1) is 14.4. The summed E-state index contributed by atoms with van der Waals surface area (Å²) < 4.78 is 11.2. The Bertz CT molecular complexity index is 1240. The molecule has 0 aliphatic rings. The van der Waals surface area contributed by atoms with Crippen LogP contribution in [0.15, 0.2) is 65.3 Å². The van der Waals surface area contributed by atoms with Crippen LogP contribution in [0.4, 0.5) is 5.69 Å². The van der Waals surface area contributed by atoms with Gasteiger partial charge in [0.15, 0.2) is 11.9 Å². The lowest BCUT2D eigenvalue weighted by Gasteiger charge is -2.06. The Morgan fingerprint density at radius 3 is 2.57 bits per heavy atom. The lowest BCUT2D eigenvalue weighted by molar-refractivity contribution is -0.611. The minimum Gasteiger partial charge on any atom is -0.616 e. The van der Waals surface area contributed by atoms with Crippen molar-refractivity contribution in [1.82, 2.24) is 10.1 Å². The number of phenolic OH excluding ortho intramolecular Hbond substituents is 2. The molecule has 0 saturated carbocycles. The Morgan fingerprint density at radius 1 is 1.07 bits per heavy atom. The molecule has 30 heavy (non-hydrogen) atoms. The summed E-state index contributed by atoms with van der Waals surface area (Å²) in [6.07, 6.45) is 1.21. The van der Waals surface area contributed by atoms with Crippen LogP contribution in [0.2, 0.25) is 0 Å². The quantitative estimate of drug-likeness (QED) is 0.166. The van der Waals surface area contributed by atoms with Crippen LogP contribution in [-0.2, 0) is 0 Å². The molecule has 0 bridgehead atoms. The number of para-hydroxylation sites is 1. The summed E-state index contributed by atoms with van der Waals surface area (Å²) in [5.41, 5.74) is -0.290. The molecule has 0 fully saturated rings. The Labute approximate surface area is 167 Å². The summed E-state index contributed by atoms with van der Waals surface area (Å²) >= 11 is 0. The zero-order valence-electron chi connectivity index (χ0n) is 15.0. The van der Waals surface area contributed by atoms with Crippen molar-refractivity contribution in [3.63, 3.8) is 0 Å². The molecule has 150 valence electrons. The smallest absolute Gasteiger partial charge is 0.385 e. The fourth-order valence-electron chi connectivity index (χ4n) is 2.61. The van der Waals surface area contributed by atoms with E-state index < -0.39 is 22.1 Å². The summed E-state index contributed by atoms with van der Waals surface area (Å²) in [5, 5.41) is 46.2. The van der Waals surface area contributed by atoms with E-state index in [1.807, 2.05) is 0 Å². The monoisotopic (exact) mass is 408 g/mol. The summed E-state index contributed by atoms with van der Waals surface area (Å²) in [6.45, 7) is 0. The Morgan fingerprint density at radius 2 is 1.83 bits per heavy atom. The van der Waals surface area contributed by atoms with E-state index in [1.54, 1.807) is 30.3 Å². The van der Waals surface area contributed by atoms with Crippen LogP contribution in [-0.4, -0.2) is 25.3 Å². The molecular formula is C19H12N4O7. The molecule has 0 aliphatic carbocycles. The van der Waals surface area contributed by atoms with Crippen molar-refractivity contribution in [3.05, 3.63) is 76.1 Å². The number of aromatic hydroxyl groups is 2.